The van der Waals surface area contributed by atoms with E-state index in [4.69, 9.17) is 11.6 Å². The zero-order valence-corrected chi connectivity index (χ0v) is 22.4. The van der Waals surface area contributed by atoms with E-state index >= 15 is 0 Å². The van der Waals surface area contributed by atoms with Crippen LogP contribution in [-0.4, -0.2) is 59.6 Å². The number of benzene rings is 1. The average molecular weight is 565 g/mol. The topological polar surface area (TPSA) is 107 Å². The normalized spacial score (nSPS) is 19.7. The molecule has 1 aromatic carbocycles. The number of amides is 3. The van der Waals surface area contributed by atoms with E-state index in [1.807, 2.05) is 13.8 Å². The molecular weight excluding hydrogens is 537 g/mol. The van der Waals surface area contributed by atoms with E-state index in [-0.39, 0.29) is 42.1 Å². The number of anilines is 1. The van der Waals surface area contributed by atoms with Crippen LogP contribution in [0.15, 0.2) is 47.8 Å². The van der Waals surface area contributed by atoms with Crippen molar-refractivity contribution in [2.75, 3.05) is 18.5 Å². The van der Waals surface area contributed by atoms with E-state index in [2.05, 4.69) is 20.9 Å². The molecule has 3 N–H and O–H groups in total. The summed E-state index contributed by atoms with van der Waals surface area (Å²) in [5.74, 6) is -1.27. The molecule has 208 valence electrons. The molecule has 0 radical (unpaired) electrons. The quantitative estimate of drug-likeness (QED) is 0.513. The van der Waals surface area contributed by atoms with Crippen molar-refractivity contribution in [1.29, 1.82) is 0 Å². The van der Waals surface area contributed by atoms with Crippen LogP contribution in [0.5, 0.6) is 0 Å². The molecule has 2 aliphatic heterocycles. The predicted octanol–water partition coefficient (Wildman–Crippen LogP) is 3.52. The van der Waals surface area contributed by atoms with E-state index < -0.39 is 35.0 Å². The summed E-state index contributed by atoms with van der Waals surface area (Å²) in [4.78, 5) is 46.1. The first kappa shape index (κ1) is 28.4. The van der Waals surface area contributed by atoms with Crippen molar-refractivity contribution in [3.63, 3.8) is 0 Å². The Kier molecular flexibility index (Phi) is 7.89. The number of nitrogens with zero attached hydrogens (tertiary/aromatic N) is 3. The molecule has 0 bridgehead atoms. The molecule has 2 aliphatic rings. The summed E-state index contributed by atoms with van der Waals surface area (Å²) in [6.07, 6.45) is -3.80. The number of rotatable bonds is 5. The third kappa shape index (κ3) is 5.71. The molecule has 3 heterocycles. The Bertz CT molecular complexity index is 1330. The fraction of sp³-hybridized carbons (Fsp3) is 0.385. The highest BCUT2D eigenvalue weighted by Crippen LogP contribution is 2.36. The van der Waals surface area contributed by atoms with E-state index in [9.17, 15) is 27.6 Å². The van der Waals surface area contributed by atoms with Gasteiger partial charge in [-0.2, -0.15) is 13.2 Å². The predicted molar refractivity (Wildman–Crippen MR) is 139 cm³/mol. The second kappa shape index (κ2) is 10.9. The summed E-state index contributed by atoms with van der Waals surface area (Å²) in [5, 5.41) is 8.56. The fourth-order valence-electron chi connectivity index (χ4n) is 4.59. The molecule has 0 spiro atoms. The van der Waals surface area contributed by atoms with E-state index in [1.54, 1.807) is 13.0 Å². The highest BCUT2D eigenvalue weighted by molar-refractivity contribution is 6.31. The number of carbonyl (C=O) groups excluding carboxylic acids is 3. The van der Waals surface area contributed by atoms with Crippen LogP contribution < -0.4 is 20.9 Å². The maximum absolute atomic E-state index is 13.7. The van der Waals surface area contributed by atoms with Crippen LogP contribution in [0.4, 0.5) is 18.9 Å². The van der Waals surface area contributed by atoms with Gasteiger partial charge in [0, 0.05) is 36.0 Å². The highest BCUT2D eigenvalue weighted by atomic mass is 35.5. The van der Waals surface area contributed by atoms with Gasteiger partial charge in [0.15, 0.2) is 6.29 Å². The standard InChI is InChI=1S/C26H28ClF3N6O3/c1-13(2)33-25-34-21-12-35(23(38)15-5-7-19(27)18(10-15)26(28,29)30)14(3)9-17(21)24(39)36(25)16-6-8-20(32-11-16)22(37)31-4/h5-8,10-11,13-14,25,33-34H,9,12H2,1-4H3,(H,31,37)/t14-,25?/m1/s1. The summed E-state index contributed by atoms with van der Waals surface area (Å²) in [6.45, 7) is 5.54. The van der Waals surface area contributed by atoms with Gasteiger partial charge in [-0.1, -0.05) is 11.6 Å². The van der Waals surface area contributed by atoms with Crippen LogP contribution in [-0.2, 0) is 11.0 Å². The zero-order chi connectivity index (χ0) is 28.6. The van der Waals surface area contributed by atoms with Gasteiger partial charge < -0.3 is 15.5 Å². The second-order valence-electron chi connectivity index (χ2n) is 9.66. The van der Waals surface area contributed by atoms with E-state index in [0.717, 1.165) is 12.1 Å². The lowest BCUT2D eigenvalue weighted by atomic mass is 9.94. The lowest BCUT2D eigenvalue weighted by Crippen LogP contribution is -2.64. The molecule has 1 aromatic heterocycles. The van der Waals surface area contributed by atoms with Crippen molar-refractivity contribution in [2.24, 2.45) is 0 Å². The van der Waals surface area contributed by atoms with Crippen LogP contribution in [0.3, 0.4) is 0 Å². The smallest absolute Gasteiger partial charge is 0.354 e. The molecule has 0 saturated carbocycles. The summed E-state index contributed by atoms with van der Waals surface area (Å²) in [7, 11) is 1.49. The number of nitrogens with one attached hydrogen (secondary N) is 3. The zero-order valence-electron chi connectivity index (χ0n) is 21.7. The number of hydrogen-bond acceptors (Lipinski definition) is 6. The summed E-state index contributed by atoms with van der Waals surface area (Å²) in [5.41, 5.74) is 0.376. The van der Waals surface area contributed by atoms with Gasteiger partial charge in [-0.05, 0) is 57.5 Å². The molecule has 2 aromatic rings. The van der Waals surface area contributed by atoms with Gasteiger partial charge in [-0.15, -0.1) is 0 Å². The van der Waals surface area contributed by atoms with Crippen LogP contribution in [0.2, 0.25) is 5.02 Å². The van der Waals surface area contributed by atoms with E-state index in [0.29, 0.717) is 17.0 Å². The van der Waals surface area contributed by atoms with Crippen LogP contribution in [0.1, 0.15) is 53.6 Å². The minimum atomic E-state index is -4.71. The number of carbonyl (C=O) groups is 3. The van der Waals surface area contributed by atoms with Gasteiger partial charge in [0.2, 0.25) is 0 Å². The molecule has 9 nitrogen and oxygen atoms in total. The highest BCUT2D eigenvalue weighted by Gasteiger charge is 2.41. The molecule has 0 saturated heterocycles. The third-order valence-corrected chi connectivity index (χ3v) is 6.86. The Morgan fingerprint density at radius 2 is 1.92 bits per heavy atom. The molecule has 3 amide bonds. The molecule has 0 fully saturated rings. The van der Waals surface area contributed by atoms with Crippen LogP contribution in [0.25, 0.3) is 0 Å². The fourth-order valence-corrected chi connectivity index (χ4v) is 4.82. The Hall–Kier alpha value is -3.64. The van der Waals surface area contributed by atoms with Gasteiger partial charge >= 0.3 is 6.18 Å². The number of pyridine rings is 1. The molecule has 39 heavy (non-hydrogen) atoms. The second-order valence-corrected chi connectivity index (χ2v) is 10.1. The summed E-state index contributed by atoms with van der Waals surface area (Å²) >= 11 is 5.72. The van der Waals surface area contributed by atoms with Crippen LogP contribution in [0, 0.1) is 0 Å². The van der Waals surface area contributed by atoms with Gasteiger partial charge in [-0.3, -0.25) is 24.6 Å². The maximum Gasteiger partial charge on any atom is 0.417 e. The number of hydrogen-bond donors (Lipinski definition) is 3. The third-order valence-electron chi connectivity index (χ3n) is 6.53. The largest absolute Gasteiger partial charge is 0.417 e. The van der Waals surface area contributed by atoms with Crippen molar-refractivity contribution in [1.82, 2.24) is 25.8 Å². The van der Waals surface area contributed by atoms with Gasteiger partial charge in [0.05, 0.1) is 29.0 Å². The molecule has 4 rings (SSSR count). The minimum Gasteiger partial charge on any atom is -0.354 e. The van der Waals surface area contributed by atoms with Crippen molar-refractivity contribution in [3.8, 4) is 0 Å². The van der Waals surface area contributed by atoms with Crippen molar-refractivity contribution in [2.45, 2.75) is 51.7 Å². The van der Waals surface area contributed by atoms with Crippen molar-refractivity contribution >= 4 is 35.0 Å². The van der Waals surface area contributed by atoms with Gasteiger partial charge in [-0.25, -0.2) is 4.98 Å². The minimum absolute atomic E-state index is 0.00300. The summed E-state index contributed by atoms with van der Waals surface area (Å²) in [6, 6.07) is 5.69. The van der Waals surface area contributed by atoms with Gasteiger partial charge in [0.1, 0.15) is 5.69 Å². The van der Waals surface area contributed by atoms with E-state index in [1.165, 1.54) is 35.2 Å². The monoisotopic (exact) mass is 564 g/mol. The Labute approximate surface area is 228 Å². The first-order valence-corrected chi connectivity index (χ1v) is 12.6. The molecule has 0 aliphatic carbocycles. The molecule has 13 heteroatoms. The number of halogens is 4. The summed E-state index contributed by atoms with van der Waals surface area (Å²) < 4.78 is 40.1. The Morgan fingerprint density at radius 1 is 1.21 bits per heavy atom. The van der Waals surface area contributed by atoms with Crippen molar-refractivity contribution < 1.29 is 27.6 Å². The number of aromatic nitrogens is 1. The Morgan fingerprint density at radius 3 is 2.51 bits per heavy atom. The van der Waals surface area contributed by atoms with Gasteiger partial charge in [0.25, 0.3) is 17.7 Å². The molecule has 2 atom stereocenters. The van der Waals surface area contributed by atoms with Crippen LogP contribution >= 0.6 is 11.6 Å². The number of alkyl halides is 3. The van der Waals surface area contributed by atoms with Crippen molar-refractivity contribution in [3.05, 3.63) is 69.6 Å². The SMILES string of the molecule is CNC(=O)c1ccc(N2C(=O)C3=C(CN(C(=O)c4ccc(Cl)c(C(F)(F)F)c4)[C@H](C)C3)NC2NC(C)C)cn1. The molecular formula is C26H28ClF3N6O3. The Balaban J connectivity index is 1.65. The first-order chi connectivity index (χ1) is 18.3. The maximum atomic E-state index is 13.7. The average Bonchev–Trinajstić information content (AvgIpc) is 2.87. The molecule has 1 unspecified atom stereocenters. The first-order valence-electron chi connectivity index (χ1n) is 12.3. The lowest BCUT2D eigenvalue weighted by molar-refractivity contribution is -0.137. The lowest BCUT2D eigenvalue weighted by Gasteiger charge is -2.45.